The van der Waals surface area contributed by atoms with Gasteiger partial charge in [-0.2, -0.15) is 0 Å². The Morgan fingerprint density at radius 1 is 1.26 bits per heavy atom. The number of amides is 1. The Morgan fingerprint density at radius 2 is 1.96 bits per heavy atom. The Kier molecular flexibility index (Phi) is 4.30. The van der Waals surface area contributed by atoms with Crippen molar-refractivity contribution in [2.24, 2.45) is 0 Å². The maximum atomic E-state index is 13.2. The average molecular weight is 351 g/mol. The number of halogens is 2. The van der Waals surface area contributed by atoms with Crippen LogP contribution in [0.2, 0.25) is 5.02 Å². The van der Waals surface area contributed by atoms with Gasteiger partial charge in [0, 0.05) is 5.56 Å². The molecule has 23 heavy (non-hydrogen) atoms. The van der Waals surface area contributed by atoms with Crippen LogP contribution in [-0.4, -0.2) is 33.8 Å². The molecule has 0 aromatic heterocycles. The molecule has 3 rings (SSSR count). The summed E-state index contributed by atoms with van der Waals surface area (Å²) in [5, 5.41) is 10.5. The Morgan fingerprint density at radius 3 is 2.61 bits per heavy atom. The number of β-amino-alcohol motifs (C(OH)–C–C–N with tert-alkyl or cyclic N) is 1. The highest BCUT2D eigenvalue weighted by Crippen LogP contribution is 2.32. The van der Waals surface area contributed by atoms with Gasteiger partial charge < -0.3 is 5.11 Å². The summed E-state index contributed by atoms with van der Waals surface area (Å²) in [5.41, 5.74) is 0.822. The van der Waals surface area contributed by atoms with Crippen molar-refractivity contribution in [3.8, 4) is 0 Å². The van der Waals surface area contributed by atoms with Crippen LogP contribution < -0.4 is 4.90 Å². The Balaban J connectivity index is 1.91. The predicted octanol–water partition coefficient (Wildman–Crippen LogP) is 3.04. The number of nitrogens with zero attached hydrogens (tertiary/aromatic N) is 2. The van der Waals surface area contributed by atoms with Crippen molar-refractivity contribution in [1.29, 1.82) is 0 Å². The Hall–Kier alpha value is -2.02. The lowest BCUT2D eigenvalue weighted by Crippen LogP contribution is -2.37. The lowest BCUT2D eigenvalue weighted by atomic mass is 10.2. The van der Waals surface area contributed by atoms with Gasteiger partial charge in [0.2, 0.25) is 0 Å². The maximum absolute atomic E-state index is 13.2. The number of thiocarbonyl (C=S) groups is 1. The minimum absolute atomic E-state index is 0.0142. The molecule has 1 heterocycles. The van der Waals surface area contributed by atoms with Crippen LogP contribution in [0, 0.1) is 5.82 Å². The number of benzene rings is 2. The molecule has 4 nitrogen and oxygen atoms in total. The summed E-state index contributed by atoms with van der Waals surface area (Å²) >= 11 is 11.3. The highest BCUT2D eigenvalue weighted by atomic mass is 35.5. The molecule has 1 atom stereocenters. The van der Waals surface area contributed by atoms with E-state index in [9.17, 15) is 14.3 Å². The van der Waals surface area contributed by atoms with Crippen molar-refractivity contribution >= 4 is 40.5 Å². The lowest BCUT2D eigenvalue weighted by Gasteiger charge is -2.23. The van der Waals surface area contributed by atoms with Gasteiger partial charge >= 0.3 is 0 Å². The number of rotatable bonds is 2. The minimum atomic E-state index is -1.04. The Bertz CT molecular complexity index is 772. The van der Waals surface area contributed by atoms with Crippen LogP contribution in [0.25, 0.3) is 0 Å². The summed E-state index contributed by atoms with van der Waals surface area (Å²) in [6, 6.07) is 12.4. The molecule has 0 spiro atoms. The summed E-state index contributed by atoms with van der Waals surface area (Å²) in [5.74, 6) is -0.800. The van der Waals surface area contributed by atoms with Gasteiger partial charge in [0.15, 0.2) is 11.3 Å². The summed E-state index contributed by atoms with van der Waals surface area (Å²) in [6.07, 6.45) is -1.04. The number of aliphatic hydroxyl groups is 1. The van der Waals surface area contributed by atoms with Crippen molar-refractivity contribution in [2.45, 2.75) is 6.23 Å². The molecule has 2 aromatic rings. The molecule has 2 aromatic carbocycles. The third-order valence-electron chi connectivity index (χ3n) is 3.52. The fourth-order valence-corrected chi connectivity index (χ4v) is 3.06. The van der Waals surface area contributed by atoms with E-state index in [1.54, 1.807) is 30.3 Å². The normalized spacial score (nSPS) is 17.7. The molecule has 0 bridgehead atoms. The molecule has 0 saturated carbocycles. The quantitative estimate of drug-likeness (QED) is 0.845. The SMILES string of the molecule is O=C(c1ccccc1)N1C[C@@H](O)N(c2ccc(F)cc2Cl)C1=S. The second-order valence-corrected chi connectivity index (χ2v) is 5.78. The van der Waals surface area contributed by atoms with Gasteiger partial charge in [-0.25, -0.2) is 4.39 Å². The number of hydrogen-bond donors (Lipinski definition) is 1. The summed E-state index contributed by atoms with van der Waals surface area (Å²) < 4.78 is 13.2. The van der Waals surface area contributed by atoms with Crippen molar-refractivity contribution in [1.82, 2.24) is 4.90 Å². The van der Waals surface area contributed by atoms with Crippen LogP contribution in [0.15, 0.2) is 48.5 Å². The molecule has 1 aliphatic heterocycles. The van der Waals surface area contributed by atoms with Gasteiger partial charge in [0.1, 0.15) is 5.82 Å². The predicted molar refractivity (Wildman–Crippen MR) is 90.0 cm³/mol. The topological polar surface area (TPSA) is 43.8 Å². The summed E-state index contributed by atoms with van der Waals surface area (Å²) in [4.78, 5) is 15.2. The monoisotopic (exact) mass is 350 g/mol. The molecule has 1 N–H and O–H groups in total. The number of hydrogen-bond acceptors (Lipinski definition) is 3. The second kappa shape index (κ2) is 6.23. The molecular formula is C16H12ClFN2O2S. The first-order chi connectivity index (χ1) is 11.0. The Labute approximate surface area is 142 Å². The first-order valence-electron chi connectivity index (χ1n) is 6.82. The van der Waals surface area contributed by atoms with E-state index in [4.69, 9.17) is 23.8 Å². The van der Waals surface area contributed by atoms with Crippen molar-refractivity contribution < 1.29 is 14.3 Å². The molecule has 0 radical (unpaired) electrons. The number of anilines is 1. The van der Waals surface area contributed by atoms with E-state index >= 15 is 0 Å². The van der Waals surface area contributed by atoms with Crippen LogP contribution >= 0.6 is 23.8 Å². The molecule has 7 heteroatoms. The number of aliphatic hydroxyl groups excluding tert-OH is 1. The summed E-state index contributed by atoms with van der Waals surface area (Å²) in [7, 11) is 0. The van der Waals surface area contributed by atoms with Crippen LogP contribution in [0.3, 0.4) is 0 Å². The molecule has 1 aliphatic rings. The molecule has 1 fully saturated rings. The van der Waals surface area contributed by atoms with Crippen LogP contribution in [-0.2, 0) is 0 Å². The second-order valence-electron chi connectivity index (χ2n) is 5.01. The van der Waals surface area contributed by atoms with Crippen molar-refractivity contribution in [3.05, 3.63) is 64.9 Å². The molecule has 1 amide bonds. The zero-order valence-electron chi connectivity index (χ0n) is 11.8. The number of carbonyl (C=O) groups is 1. The van der Waals surface area contributed by atoms with Gasteiger partial charge in [0.05, 0.1) is 17.3 Å². The standard InChI is InChI=1S/C16H12ClFN2O2S/c17-12-8-11(18)6-7-13(12)20-14(21)9-19(16(20)23)15(22)10-4-2-1-3-5-10/h1-8,14,21H,9H2/t14-/m1/s1. The number of carbonyl (C=O) groups excluding carboxylic acids is 1. The van der Waals surface area contributed by atoms with E-state index in [1.807, 2.05) is 0 Å². The van der Waals surface area contributed by atoms with E-state index in [0.717, 1.165) is 6.07 Å². The molecular weight excluding hydrogens is 339 g/mol. The highest BCUT2D eigenvalue weighted by Gasteiger charge is 2.38. The molecule has 0 aliphatic carbocycles. The van der Waals surface area contributed by atoms with Gasteiger partial charge in [-0.1, -0.05) is 29.8 Å². The fourth-order valence-electron chi connectivity index (χ4n) is 2.43. The average Bonchev–Trinajstić information content (AvgIpc) is 2.83. The molecule has 1 saturated heterocycles. The fraction of sp³-hybridized carbons (Fsp3) is 0.125. The van der Waals surface area contributed by atoms with Crippen LogP contribution in [0.4, 0.5) is 10.1 Å². The van der Waals surface area contributed by atoms with Gasteiger partial charge in [-0.05, 0) is 42.5 Å². The van der Waals surface area contributed by atoms with E-state index in [2.05, 4.69) is 0 Å². The van der Waals surface area contributed by atoms with Gasteiger partial charge in [-0.15, -0.1) is 0 Å². The zero-order valence-corrected chi connectivity index (χ0v) is 13.4. The van der Waals surface area contributed by atoms with Crippen molar-refractivity contribution in [3.63, 3.8) is 0 Å². The first kappa shape index (κ1) is 15.9. The molecule has 0 unspecified atom stereocenters. The van der Waals surface area contributed by atoms with Crippen molar-refractivity contribution in [2.75, 3.05) is 11.4 Å². The third-order valence-corrected chi connectivity index (χ3v) is 4.24. The summed E-state index contributed by atoms with van der Waals surface area (Å²) in [6.45, 7) is 0.0142. The van der Waals surface area contributed by atoms with E-state index in [0.29, 0.717) is 11.3 Å². The maximum Gasteiger partial charge on any atom is 0.260 e. The lowest BCUT2D eigenvalue weighted by molar-refractivity contribution is 0.0821. The van der Waals surface area contributed by atoms with Crippen LogP contribution in [0.1, 0.15) is 10.4 Å². The molecule has 118 valence electrons. The van der Waals surface area contributed by atoms with E-state index in [1.165, 1.54) is 21.9 Å². The largest absolute Gasteiger partial charge is 0.371 e. The smallest absolute Gasteiger partial charge is 0.260 e. The highest BCUT2D eigenvalue weighted by molar-refractivity contribution is 7.80. The minimum Gasteiger partial charge on any atom is -0.371 e. The van der Waals surface area contributed by atoms with Gasteiger partial charge in [-0.3, -0.25) is 14.6 Å². The van der Waals surface area contributed by atoms with E-state index < -0.39 is 12.0 Å². The zero-order chi connectivity index (χ0) is 16.6. The van der Waals surface area contributed by atoms with Gasteiger partial charge in [0.25, 0.3) is 5.91 Å². The van der Waals surface area contributed by atoms with Crippen LogP contribution in [0.5, 0.6) is 0 Å². The third kappa shape index (κ3) is 2.93. The first-order valence-corrected chi connectivity index (χ1v) is 7.61. The van der Waals surface area contributed by atoms with E-state index in [-0.39, 0.29) is 22.6 Å².